The Balaban J connectivity index is 1.59. The molecule has 0 bridgehead atoms. The lowest BCUT2D eigenvalue weighted by molar-refractivity contribution is 0.0984. The summed E-state index contributed by atoms with van der Waals surface area (Å²) in [7, 11) is 0. The average Bonchev–Trinajstić information content (AvgIpc) is 2.84. The molecule has 0 radical (unpaired) electrons. The number of nitrogen functional groups attached to an aromatic ring is 1. The average molecular weight is 494 g/mol. The lowest BCUT2D eigenvalue weighted by Crippen LogP contribution is -2.25. The van der Waals surface area contributed by atoms with Crippen molar-refractivity contribution in [1.82, 2.24) is 19.7 Å². The number of carbonyl (C=O) groups excluding carboxylic acids is 1. The van der Waals surface area contributed by atoms with Gasteiger partial charge in [0.05, 0.1) is 0 Å². The van der Waals surface area contributed by atoms with Gasteiger partial charge in [-0.1, -0.05) is 29.8 Å². The summed E-state index contributed by atoms with van der Waals surface area (Å²) in [5, 5.41) is 4.43. The minimum absolute atomic E-state index is 0.0938. The SMILES string of the molecule is CC(C)n1cc(-c2ccc(F)cc2)c(=O)c(C(=O)Cc2ccc(Oc3ccnc(N)c3Cl)nc2)n1. The Morgan fingerprint density at radius 3 is 2.54 bits per heavy atom. The van der Waals surface area contributed by atoms with E-state index in [0.717, 1.165) is 0 Å². The number of anilines is 1. The van der Waals surface area contributed by atoms with E-state index in [4.69, 9.17) is 22.1 Å². The highest BCUT2D eigenvalue weighted by molar-refractivity contribution is 6.34. The molecule has 0 unspecified atom stereocenters. The maximum absolute atomic E-state index is 13.4. The monoisotopic (exact) mass is 493 g/mol. The number of hydrogen-bond donors (Lipinski definition) is 1. The van der Waals surface area contributed by atoms with Gasteiger partial charge in [-0.25, -0.2) is 14.4 Å². The van der Waals surface area contributed by atoms with Crippen molar-refractivity contribution in [3.63, 3.8) is 0 Å². The maximum atomic E-state index is 13.4. The van der Waals surface area contributed by atoms with Gasteiger partial charge in [0, 0.05) is 48.7 Å². The third-order valence-corrected chi connectivity index (χ3v) is 5.52. The summed E-state index contributed by atoms with van der Waals surface area (Å²) >= 11 is 6.08. The highest BCUT2D eigenvalue weighted by Gasteiger charge is 2.19. The molecule has 0 fully saturated rings. The molecular weight excluding hydrogens is 473 g/mol. The van der Waals surface area contributed by atoms with Crippen LogP contribution in [0, 0.1) is 5.82 Å². The second-order valence-corrected chi connectivity index (χ2v) is 8.39. The Morgan fingerprint density at radius 2 is 1.89 bits per heavy atom. The zero-order valence-corrected chi connectivity index (χ0v) is 19.7. The first-order valence-corrected chi connectivity index (χ1v) is 11.1. The van der Waals surface area contributed by atoms with E-state index in [1.54, 1.807) is 29.1 Å². The highest BCUT2D eigenvalue weighted by atomic mass is 35.5. The van der Waals surface area contributed by atoms with E-state index in [2.05, 4.69) is 15.1 Å². The van der Waals surface area contributed by atoms with Crippen LogP contribution in [-0.2, 0) is 6.42 Å². The second-order valence-electron chi connectivity index (χ2n) is 8.02. The molecule has 2 N–H and O–H groups in total. The number of pyridine rings is 2. The number of aromatic nitrogens is 4. The van der Waals surface area contributed by atoms with Crippen molar-refractivity contribution in [1.29, 1.82) is 0 Å². The quantitative estimate of drug-likeness (QED) is 0.365. The lowest BCUT2D eigenvalue weighted by atomic mass is 10.0. The number of benzene rings is 1. The molecule has 0 aliphatic heterocycles. The molecule has 0 saturated heterocycles. The fraction of sp³-hybridized carbons (Fsp3) is 0.160. The molecule has 35 heavy (non-hydrogen) atoms. The molecule has 4 aromatic rings. The highest BCUT2D eigenvalue weighted by Crippen LogP contribution is 2.31. The molecule has 1 aromatic carbocycles. The summed E-state index contributed by atoms with van der Waals surface area (Å²) in [6, 6.07) is 10.2. The van der Waals surface area contributed by atoms with Gasteiger partial charge < -0.3 is 10.5 Å². The van der Waals surface area contributed by atoms with Crippen LogP contribution in [0.3, 0.4) is 0 Å². The number of nitrogens with two attached hydrogens (primary N) is 1. The molecular formula is C25H21ClFN5O3. The van der Waals surface area contributed by atoms with Crippen molar-refractivity contribution in [2.75, 3.05) is 5.73 Å². The van der Waals surface area contributed by atoms with Gasteiger partial charge in [0.15, 0.2) is 17.2 Å². The summed E-state index contributed by atoms with van der Waals surface area (Å²) in [5.41, 5.74) is 6.30. The number of Topliss-reactive ketones (excluding diaryl/α,β-unsaturated/α-hetero) is 1. The first-order valence-electron chi connectivity index (χ1n) is 10.7. The molecule has 0 aliphatic carbocycles. The number of rotatable bonds is 7. The first-order chi connectivity index (χ1) is 16.7. The van der Waals surface area contributed by atoms with Crippen LogP contribution in [0.1, 0.15) is 35.9 Å². The second kappa shape index (κ2) is 10.0. The number of halogens is 2. The molecule has 0 saturated carbocycles. The topological polar surface area (TPSA) is 113 Å². The number of hydrogen-bond acceptors (Lipinski definition) is 7. The van der Waals surface area contributed by atoms with Crippen LogP contribution in [0.5, 0.6) is 11.6 Å². The first kappa shape index (κ1) is 24.0. The number of ketones is 1. The standard InChI is InChI=1S/C25H21ClFN5O3/c1-14(2)32-13-18(16-4-6-17(27)7-5-16)24(34)23(31-32)19(33)11-15-3-8-21(30-12-15)35-20-9-10-29-25(28)22(20)26/h3-10,12-14H,11H2,1-2H3,(H2,28,29). The molecule has 3 heterocycles. The van der Waals surface area contributed by atoms with Crippen molar-refractivity contribution in [2.45, 2.75) is 26.3 Å². The Bertz CT molecular complexity index is 1440. The Morgan fingerprint density at radius 1 is 1.14 bits per heavy atom. The van der Waals surface area contributed by atoms with Gasteiger partial charge in [0.25, 0.3) is 0 Å². The number of ether oxygens (including phenoxy) is 1. The molecule has 3 aromatic heterocycles. The van der Waals surface area contributed by atoms with Crippen LogP contribution in [0.25, 0.3) is 11.1 Å². The van der Waals surface area contributed by atoms with Gasteiger partial charge in [-0.2, -0.15) is 5.10 Å². The largest absolute Gasteiger partial charge is 0.437 e. The molecule has 10 heteroatoms. The fourth-order valence-electron chi connectivity index (χ4n) is 3.27. The fourth-order valence-corrected chi connectivity index (χ4v) is 3.42. The van der Waals surface area contributed by atoms with Crippen LogP contribution in [0.4, 0.5) is 10.2 Å². The number of carbonyl (C=O) groups is 1. The van der Waals surface area contributed by atoms with E-state index in [-0.39, 0.29) is 40.4 Å². The summed E-state index contributed by atoms with van der Waals surface area (Å²) in [6.45, 7) is 3.76. The van der Waals surface area contributed by atoms with Crippen LogP contribution >= 0.6 is 11.6 Å². The zero-order valence-electron chi connectivity index (χ0n) is 18.9. The Labute approximate surface area is 205 Å². The van der Waals surface area contributed by atoms with E-state index >= 15 is 0 Å². The molecule has 0 amide bonds. The maximum Gasteiger partial charge on any atom is 0.219 e. The Kier molecular flexibility index (Phi) is 6.88. The predicted molar refractivity (Wildman–Crippen MR) is 130 cm³/mol. The molecule has 0 aliphatic rings. The summed E-state index contributed by atoms with van der Waals surface area (Å²) in [4.78, 5) is 34.3. The van der Waals surface area contributed by atoms with Gasteiger partial charge in [-0.3, -0.25) is 14.3 Å². The third-order valence-electron chi connectivity index (χ3n) is 5.14. The van der Waals surface area contributed by atoms with Gasteiger partial charge in [0.2, 0.25) is 11.3 Å². The van der Waals surface area contributed by atoms with Crippen LogP contribution < -0.4 is 15.9 Å². The third kappa shape index (κ3) is 5.36. The smallest absolute Gasteiger partial charge is 0.219 e. The number of nitrogens with zero attached hydrogens (tertiary/aromatic N) is 4. The molecule has 178 valence electrons. The van der Waals surface area contributed by atoms with Crippen LogP contribution in [-0.4, -0.2) is 25.5 Å². The van der Waals surface area contributed by atoms with Gasteiger partial charge in [-0.05, 0) is 37.1 Å². The normalized spacial score (nSPS) is 11.0. The van der Waals surface area contributed by atoms with Gasteiger partial charge in [-0.15, -0.1) is 0 Å². The van der Waals surface area contributed by atoms with Crippen molar-refractivity contribution in [3.05, 3.63) is 93.4 Å². The minimum Gasteiger partial charge on any atom is -0.437 e. The van der Waals surface area contributed by atoms with Gasteiger partial charge in [0.1, 0.15) is 16.7 Å². The van der Waals surface area contributed by atoms with E-state index in [1.807, 2.05) is 13.8 Å². The molecule has 8 nitrogen and oxygen atoms in total. The zero-order chi connectivity index (χ0) is 25.1. The van der Waals surface area contributed by atoms with Crippen LogP contribution in [0.2, 0.25) is 5.02 Å². The summed E-state index contributed by atoms with van der Waals surface area (Å²) in [5.74, 6) is -0.209. The van der Waals surface area contributed by atoms with E-state index in [0.29, 0.717) is 16.9 Å². The van der Waals surface area contributed by atoms with Crippen molar-refractivity contribution < 1.29 is 13.9 Å². The van der Waals surface area contributed by atoms with Gasteiger partial charge >= 0.3 is 0 Å². The van der Waals surface area contributed by atoms with Crippen molar-refractivity contribution in [2.24, 2.45) is 0 Å². The lowest BCUT2D eigenvalue weighted by Gasteiger charge is -2.13. The molecule has 4 rings (SSSR count). The van der Waals surface area contributed by atoms with E-state index in [9.17, 15) is 14.0 Å². The minimum atomic E-state index is -0.517. The molecule has 0 atom stereocenters. The van der Waals surface area contributed by atoms with E-state index in [1.165, 1.54) is 36.7 Å². The predicted octanol–water partition coefficient (Wildman–Crippen LogP) is 4.87. The molecule has 0 spiro atoms. The Hall–Kier alpha value is -4.11. The summed E-state index contributed by atoms with van der Waals surface area (Å²) < 4.78 is 20.5. The summed E-state index contributed by atoms with van der Waals surface area (Å²) in [6.07, 6.45) is 4.40. The van der Waals surface area contributed by atoms with Crippen molar-refractivity contribution in [3.8, 4) is 22.8 Å². The van der Waals surface area contributed by atoms with E-state index < -0.39 is 17.0 Å². The van der Waals surface area contributed by atoms with Crippen molar-refractivity contribution >= 4 is 23.2 Å². The van der Waals surface area contributed by atoms with Crippen LogP contribution in [0.15, 0.2) is 65.8 Å².